The van der Waals surface area contributed by atoms with Crippen LogP contribution in [0, 0.1) is 0 Å². The molecule has 1 unspecified atom stereocenters. The van der Waals surface area contributed by atoms with E-state index < -0.39 is 0 Å². The third kappa shape index (κ3) is 3.99. The Bertz CT molecular complexity index is 540. The Kier molecular flexibility index (Phi) is 5.44. The lowest BCUT2D eigenvalue weighted by Gasteiger charge is -2.19. The number of thioether (sulfide) groups is 1. The summed E-state index contributed by atoms with van der Waals surface area (Å²) in [5, 5.41) is 3.54. The zero-order valence-electron chi connectivity index (χ0n) is 12.0. The van der Waals surface area contributed by atoms with E-state index >= 15 is 0 Å². The fraction of sp³-hybridized carbons (Fsp3) is 0.312. The van der Waals surface area contributed by atoms with Crippen molar-refractivity contribution in [2.24, 2.45) is 0 Å². The average Bonchev–Trinajstić information content (AvgIpc) is 2.47. The van der Waals surface area contributed by atoms with Crippen LogP contribution in [0.25, 0.3) is 0 Å². The zero-order chi connectivity index (χ0) is 14.4. The Morgan fingerprint density at radius 1 is 1.25 bits per heavy atom. The monoisotopic (exact) mass is 287 g/mol. The summed E-state index contributed by atoms with van der Waals surface area (Å²) in [6.45, 7) is 3.07. The summed E-state index contributed by atoms with van der Waals surface area (Å²) >= 11 is 1.76. The lowest BCUT2D eigenvalue weighted by atomic mass is 9.99. The molecule has 1 aromatic carbocycles. The number of hydrogen-bond acceptors (Lipinski definition) is 4. The molecule has 3 N–H and O–H groups in total. The van der Waals surface area contributed by atoms with Gasteiger partial charge in [-0.15, -0.1) is 11.8 Å². The molecular weight excluding hydrogens is 266 g/mol. The molecule has 1 atom stereocenters. The molecule has 0 aliphatic rings. The Morgan fingerprint density at radius 2 is 2.00 bits per heavy atom. The van der Waals surface area contributed by atoms with Gasteiger partial charge >= 0.3 is 0 Å². The highest BCUT2D eigenvalue weighted by atomic mass is 32.2. The molecule has 0 bridgehead atoms. The van der Waals surface area contributed by atoms with Crippen molar-refractivity contribution in [1.82, 2.24) is 10.3 Å². The SMILES string of the molecule is CCNC(Cc1ccnc(N)c1)c1ccc(SC)cc1. The Balaban J connectivity index is 2.17. The van der Waals surface area contributed by atoms with Crippen molar-refractivity contribution in [2.75, 3.05) is 18.5 Å². The van der Waals surface area contributed by atoms with Gasteiger partial charge in [0.2, 0.25) is 0 Å². The Hall–Kier alpha value is -1.52. The first-order valence-corrected chi connectivity index (χ1v) is 8.03. The zero-order valence-corrected chi connectivity index (χ0v) is 12.8. The number of nitrogen functional groups attached to an aromatic ring is 1. The van der Waals surface area contributed by atoms with E-state index in [-0.39, 0.29) is 0 Å². The van der Waals surface area contributed by atoms with Gasteiger partial charge in [-0.05, 0) is 54.6 Å². The molecule has 20 heavy (non-hydrogen) atoms. The van der Waals surface area contributed by atoms with Crippen molar-refractivity contribution in [3.63, 3.8) is 0 Å². The molecule has 0 amide bonds. The molecule has 1 heterocycles. The average molecular weight is 287 g/mol. The molecular formula is C16H21N3S. The van der Waals surface area contributed by atoms with E-state index in [0.717, 1.165) is 13.0 Å². The van der Waals surface area contributed by atoms with E-state index in [1.807, 2.05) is 12.1 Å². The molecule has 106 valence electrons. The number of hydrogen-bond donors (Lipinski definition) is 2. The van der Waals surface area contributed by atoms with Gasteiger partial charge in [-0.3, -0.25) is 0 Å². The summed E-state index contributed by atoms with van der Waals surface area (Å²) in [5.41, 5.74) is 8.26. The normalized spacial score (nSPS) is 12.3. The predicted octanol–water partition coefficient (Wildman–Crippen LogP) is 3.28. The van der Waals surface area contributed by atoms with Crippen LogP contribution in [0.3, 0.4) is 0 Å². The highest BCUT2D eigenvalue weighted by Crippen LogP contribution is 2.22. The predicted molar refractivity (Wildman–Crippen MR) is 87.0 cm³/mol. The topological polar surface area (TPSA) is 50.9 Å². The molecule has 2 aromatic rings. The molecule has 0 saturated carbocycles. The van der Waals surface area contributed by atoms with Gasteiger partial charge in [0.05, 0.1) is 0 Å². The molecule has 0 aliphatic carbocycles. The van der Waals surface area contributed by atoms with E-state index in [9.17, 15) is 0 Å². The van der Waals surface area contributed by atoms with Crippen LogP contribution < -0.4 is 11.1 Å². The molecule has 3 nitrogen and oxygen atoms in total. The van der Waals surface area contributed by atoms with Crippen LogP contribution in [-0.4, -0.2) is 17.8 Å². The summed E-state index contributed by atoms with van der Waals surface area (Å²) < 4.78 is 0. The first-order chi connectivity index (χ1) is 9.72. The van der Waals surface area contributed by atoms with E-state index in [2.05, 4.69) is 47.7 Å². The van der Waals surface area contributed by atoms with Crippen molar-refractivity contribution < 1.29 is 0 Å². The van der Waals surface area contributed by atoms with Crippen molar-refractivity contribution >= 4 is 17.6 Å². The maximum atomic E-state index is 5.75. The summed E-state index contributed by atoms with van der Waals surface area (Å²) in [5.74, 6) is 0.579. The van der Waals surface area contributed by atoms with Gasteiger partial charge in [0.15, 0.2) is 0 Å². The quantitative estimate of drug-likeness (QED) is 0.801. The van der Waals surface area contributed by atoms with Crippen LogP contribution >= 0.6 is 11.8 Å². The van der Waals surface area contributed by atoms with Crippen LogP contribution in [-0.2, 0) is 6.42 Å². The molecule has 4 heteroatoms. The highest BCUT2D eigenvalue weighted by Gasteiger charge is 2.11. The first-order valence-electron chi connectivity index (χ1n) is 6.80. The smallest absolute Gasteiger partial charge is 0.123 e. The lowest BCUT2D eigenvalue weighted by molar-refractivity contribution is 0.549. The molecule has 2 rings (SSSR count). The van der Waals surface area contributed by atoms with Crippen molar-refractivity contribution in [1.29, 1.82) is 0 Å². The number of aromatic nitrogens is 1. The maximum Gasteiger partial charge on any atom is 0.123 e. The number of nitrogens with zero attached hydrogens (tertiary/aromatic N) is 1. The van der Waals surface area contributed by atoms with Crippen LogP contribution in [0.5, 0.6) is 0 Å². The van der Waals surface area contributed by atoms with Crippen molar-refractivity contribution in [3.8, 4) is 0 Å². The van der Waals surface area contributed by atoms with Gasteiger partial charge < -0.3 is 11.1 Å². The molecule has 0 fully saturated rings. The largest absolute Gasteiger partial charge is 0.384 e. The molecule has 0 radical (unpaired) electrons. The van der Waals surface area contributed by atoms with E-state index in [0.29, 0.717) is 11.9 Å². The lowest BCUT2D eigenvalue weighted by Crippen LogP contribution is -2.23. The Labute approximate surface area is 125 Å². The second-order valence-electron chi connectivity index (χ2n) is 4.68. The molecule has 0 saturated heterocycles. The first kappa shape index (κ1) is 14.9. The third-order valence-electron chi connectivity index (χ3n) is 3.25. The number of pyridine rings is 1. The van der Waals surface area contributed by atoms with Gasteiger partial charge in [0, 0.05) is 17.1 Å². The molecule has 0 aliphatic heterocycles. The molecule has 0 spiro atoms. The second-order valence-corrected chi connectivity index (χ2v) is 5.56. The summed E-state index contributed by atoms with van der Waals surface area (Å²) in [6.07, 6.45) is 4.78. The fourth-order valence-electron chi connectivity index (χ4n) is 2.25. The summed E-state index contributed by atoms with van der Waals surface area (Å²) in [6, 6.07) is 13.0. The van der Waals surface area contributed by atoms with Gasteiger partial charge in [0.1, 0.15) is 5.82 Å². The van der Waals surface area contributed by atoms with E-state index in [4.69, 9.17) is 5.73 Å². The number of rotatable bonds is 6. The minimum atomic E-state index is 0.303. The standard InChI is InChI=1S/C16H21N3S/c1-3-18-15(10-12-8-9-19-16(17)11-12)13-4-6-14(20-2)7-5-13/h4-9,11,15,18H,3,10H2,1-2H3,(H2,17,19). The fourth-order valence-corrected chi connectivity index (χ4v) is 2.66. The summed E-state index contributed by atoms with van der Waals surface area (Å²) in [4.78, 5) is 5.33. The third-order valence-corrected chi connectivity index (χ3v) is 4.00. The van der Waals surface area contributed by atoms with Gasteiger partial charge in [-0.25, -0.2) is 4.98 Å². The minimum absolute atomic E-state index is 0.303. The van der Waals surface area contributed by atoms with Crippen LogP contribution in [0.15, 0.2) is 47.5 Å². The number of nitrogens with two attached hydrogens (primary N) is 1. The summed E-state index contributed by atoms with van der Waals surface area (Å²) in [7, 11) is 0. The number of nitrogens with one attached hydrogen (secondary N) is 1. The number of benzene rings is 1. The van der Waals surface area contributed by atoms with Crippen molar-refractivity contribution in [3.05, 3.63) is 53.7 Å². The van der Waals surface area contributed by atoms with Gasteiger partial charge in [-0.2, -0.15) is 0 Å². The minimum Gasteiger partial charge on any atom is -0.384 e. The maximum absolute atomic E-state index is 5.75. The van der Waals surface area contributed by atoms with Gasteiger partial charge in [0.25, 0.3) is 0 Å². The number of likely N-dealkylation sites (N-methyl/N-ethyl adjacent to an activating group) is 1. The van der Waals surface area contributed by atoms with Crippen molar-refractivity contribution in [2.45, 2.75) is 24.3 Å². The van der Waals surface area contributed by atoms with E-state index in [1.54, 1.807) is 18.0 Å². The van der Waals surface area contributed by atoms with Crippen LogP contribution in [0.2, 0.25) is 0 Å². The van der Waals surface area contributed by atoms with E-state index in [1.165, 1.54) is 16.0 Å². The molecule has 1 aromatic heterocycles. The Morgan fingerprint density at radius 3 is 2.60 bits per heavy atom. The second kappa shape index (κ2) is 7.31. The van der Waals surface area contributed by atoms with Gasteiger partial charge in [-0.1, -0.05) is 19.1 Å². The van der Waals surface area contributed by atoms with Crippen LogP contribution in [0.4, 0.5) is 5.82 Å². The highest BCUT2D eigenvalue weighted by molar-refractivity contribution is 7.98. The van der Waals surface area contributed by atoms with Crippen LogP contribution in [0.1, 0.15) is 24.1 Å². The number of anilines is 1.